The Kier molecular flexibility index (Phi) is 7.12. The first-order valence-electron chi connectivity index (χ1n) is 5.37. The van der Waals surface area contributed by atoms with Gasteiger partial charge in [0.1, 0.15) is 0 Å². The van der Waals surface area contributed by atoms with Crippen molar-refractivity contribution in [2.45, 2.75) is 6.04 Å². The van der Waals surface area contributed by atoms with Gasteiger partial charge in [-0.25, -0.2) is 0 Å². The van der Waals surface area contributed by atoms with Crippen molar-refractivity contribution in [1.82, 2.24) is 5.32 Å². The molecule has 15 heavy (non-hydrogen) atoms. The fraction of sp³-hybridized carbons (Fsp3) is 0.636. The number of nitrogens with two attached hydrogens (primary N) is 1. The second-order valence-electron chi connectivity index (χ2n) is 3.26. The number of allylic oxidation sites excluding steroid dienone is 2. The van der Waals surface area contributed by atoms with Crippen molar-refractivity contribution < 1.29 is 9.47 Å². The predicted molar refractivity (Wildman–Crippen MR) is 60.8 cm³/mol. The van der Waals surface area contributed by atoms with Gasteiger partial charge >= 0.3 is 0 Å². The zero-order valence-corrected chi connectivity index (χ0v) is 9.02. The fourth-order valence-electron chi connectivity index (χ4n) is 1.27. The Morgan fingerprint density at radius 2 is 1.67 bits per heavy atom. The molecule has 0 fully saturated rings. The van der Waals surface area contributed by atoms with Crippen LogP contribution >= 0.6 is 0 Å². The summed E-state index contributed by atoms with van der Waals surface area (Å²) in [4.78, 5) is 0. The van der Waals surface area contributed by atoms with E-state index in [1.165, 1.54) is 0 Å². The van der Waals surface area contributed by atoms with Gasteiger partial charge in [-0.05, 0) is 0 Å². The Hall–Kier alpha value is -0.680. The number of hydrogen-bond donors (Lipinski definition) is 2. The topological polar surface area (TPSA) is 56.5 Å². The first kappa shape index (κ1) is 12.4. The molecule has 0 bridgehead atoms. The molecule has 0 aromatic rings. The Morgan fingerprint density at radius 1 is 1.00 bits per heavy atom. The van der Waals surface area contributed by atoms with Crippen LogP contribution in [0, 0.1) is 0 Å². The van der Waals surface area contributed by atoms with Gasteiger partial charge in [-0.2, -0.15) is 0 Å². The summed E-state index contributed by atoms with van der Waals surface area (Å²) in [5.74, 6) is 0. The van der Waals surface area contributed by atoms with Gasteiger partial charge in [-0.3, -0.25) is 0 Å². The molecule has 0 aromatic carbocycles. The van der Waals surface area contributed by atoms with Gasteiger partial charge in [0, 0.05) is 19.1 Å². The minimum atomic E-state index is 0.377. The van der Waals surface area contributed by atoms with Crippen molar-refractivity contribution in [3.63, 3.8) is 0 Å². The van der Waals surface area contributed by atoms with Crippen molar-refractivity contribution in [2.24, 2.45) is 5.73 Å². The molecule has 0 aromatic heterocycles. The highest BCUT2D eigenvalue weighted by Crippen LogP contribution is 1.97. The predicted octanol–water partition coefficient (Wildman–Crippen LogP) is 0.0625. The van der Waals surface area contributed by atoms with Crippen LogP contribution in [0.3, 0.4) is 0 Å². The maximum absolute atomic E-state index is 5.36. The molecule has 0 heterocycles. The van der Waals surface area contributed by atoms with Crippen molar-refractivity contribution >= 4 is 0 Å². The highest BCUT2D eigenvalue weighted by molar-refractivity contribution is 5.21. The second-order valence-corrected chi connectivity index (χ2v) is 3.26. The molecule has 4 heteroatoms. The molecule has 0 atom stereocenters. The summed E-state index contributed by atoms with van der Waals surface area (Å²) >= 11 is 0. The summed E-state index contributed by atoms with van der Waals surface area (Å²) in [7, 11) is 0. The van der Waals surface area contributed by atoms with E-state index in [2.05, 4.69) is 17.5 Å². The third kappa shape index (κ3) is 6.41. The summed E-state index contributed by atoms with van der Waals surface area (Å²) in [5, 5.41) is 3.32. The molecule has 0 spiro atoms. The van der Waals surface area contributed by atoms with Crippen molar-refractivity contribution in [2.75, 3.05) is 39.5 Å². The smallest absolute Gasteiger partial charge is 0.0701 e. The molecule has 1 aliphatic rings. The molecular weight excluding hydrogens is 192 g/mol. The molecule has 0 amide bonds. The molecule has 0 radical (unpaired) electrons. The van der Waals surface area contributed by atoms with Gasteiger partial charge in [0.05, 0.1) is 26.4 Å². The zero-order valence-electron chi connectivity index (χ0n) is 9.02. The van der Waals surface area contributed by atoms with E-state index in [1.54, 1.807) is 0 Å². The van der Waals surface area contributed by atoms with Crippen LogP contribution in [0.15, 0.2) is 24.3 Å². The molecule has 3 N–H and O–H groups in total. The van der Waals surface area contributed by atoms with Gasteiger partial charge < -0.3 is 20.5 Å². The average Bonchev–Trinajstić information content (AvgIpc) is 2.75. The largest absolute Gasteiger partial charge is 0.378 e. The number of hydrogen-bond acceptors (Lipinski definition) is 4. The van der Waals surface area contributed by atoms with Crippen LogP contribution in [0.2, 0.25) is 0 Å². The lowest BCUT2D eigenvalue weighted by Crippen LogP contribution is -2.28. The minimum absolute atomic E-state index is 0.377. The van der Waals surface area contributed by atoms with Crippen LogP contribution in [0.1, 0.15) is 0 Å². The van der Waals surface area contributed by atoms with E-state index in [9.17, 15) is 0 Å². The monoisotopic (exact) mass is 212 g/mol. The van der Waals surface area contributed by atoms with E-state index in [4.69, 9.17) is 15.2 Å². The normalized spacial score (nSPS) is 15.3. The van der Waals surface area contributed by atoms with E-state index in [0.717, 1.165) is 6.54 Å². The van der Waals surface area contributed by atoms with E-state index < -0.39 is 0 Å². The molecule has 1 rings (SSSR count). The molecule has 4 nitrogen and oxygen atoms in total. The molecule has 0 saturated heterocycles. The zero-order chi connectivity index (χ0) is 10.8. The molecular formula is C11H20N2O2. The SMILES string of the molecule is NCCOCCOCCNC1C=CC=C1. The summed E-state index contributed by atoms with van der Waals surface area (Å²) < 4.78 is 10.5. The second kappa shape index (κ2) is 8.61. The standard InChI is InChI=1S/C11H20N2O2/c12-5-7-14-9-10-15-8-6-13-11-3-1-2-4-11/h1-4,11,13H,5-10,12H2. The van der Waals surface area contributed by atoms with Crippen molar-refractivity contribution in [3.05, 3.63) is 24.3 Å². The molecule has 86 valence electrons. The maximum atomic E-state index is 5.36. The average molecular weight is 212 g/mol. The minimum Gasteiger partial charge on any atom is -0.378 e. The molecule has 0 aliphatic heterocycles. The van der Waals surface area contributed by atoms with E-state index in [1.807, 2.05) is 12.2 Å². The Morgan fingerprint density at radius 3 is 2.33 bits per heavy atom. The fourth-order valence-corrected chi connectivity index (χ4v) is 1.27. The summed E-state index contributed by atoms with van der Waals surface area (Å²) in [6.45, 7) is 4.01. The van der Waals surface area contributed by atoms with Gasteiger partial charge in [0.2, 0.25) is 0 Å². The van der Waals surface area contributed by atoms with E-state index >= 15 is 0 Å². The maximum Gasteiger partial charge on any atom is 0.0701 e. The molecule has 0 unspecified atom stereocenters. The summed E-state index contributed by atoms with van der Waals surface area (Å²) in [5.41, 5.74) is 5.27. The lowest BCUT2D eigenvalue weighted by atomic mass is 10.3. The highest BCUT2D eigenvalue weighted by Gasteiger charge is 2.00. The van der Waals surface area contributed by atoms with Crippen LogP contribution < -0.4 is 11.1 Å². The lowest BCUT2D eigenvalue weighted by Gasteiger charge is -2.09. The van der Waals surface area contributed by atoms with Crippen LogP contribution in [0.25, 0.3) is 0 Å². The quantitative estimate of drug-likeness (QED) is 0.531. The van der Waals surface area contributed by atoms with Crippen molar-refractivity contribution in [1.29, 1.82) is 0 Å². The van der Waals surface area contributed by atoms with Crippen molar-refractivity contribution in [3.8, 4) is 0 Å². The summed E-state index contributed by atoms with van der Waals surface area (Å²) in [6, 6.07) is 0.377. The van der Waals surface area contributed by atoms with Gasteiger partial charge in [-0.15, -0.1) is 0 Å². The van der Waals surface area contributed by atoms with Crippen LogP contribution in [0.4, 0.5) is 0 Å². The van der Waals surface area contributed by atoms with Gasteiger partial charge in [0.15, 0.2) is 0 Å². The first-order valence-corrected chi connectivity index (χ1v) is 5.37. The van der Waals surface area contributed by atoms with Crippen LogP contribution in [-0.2, 0) is 9.47 Å². The third-order valence-corrected chi connectivity index (χ3v) is 2.01. The van der Waals surface area contributed by atoms with E-state index in [0.29, 0.717) is 39.0 Å². The van der Waals surface area contributed by atoms with E-state index in [-0.39, 0.29) is 0 Å². The van der Waals surface area contributed by atoms with Crippen LogP contribution in [-0.4, -0.2) is 45.6 Å². The number of ether oxygens (including phenoxy) is 2. The van der Waals surface area contributed by atoms with Gasteiger partial charge in [0.25, 0.3) is 0 Å². The molecule has 0 saturated carbocycles. The summed E-state index contributed by atoms with van der Waals surface area (Å²) in [6.07, 6.45) is 8.31. The lowest BCUT2D eigenvalue weighted by molar-refractivity contribution is 0.0517. The first-order chi connectivity index (χ1) is 7.43. The van der Waals surface area contributed by atoms with Gasteiger partial charge in [-0.1, -0.05) is 24.3 Å². The van der Waals surface area contributed by atoms with Crippen LogP contribution in [0.5, 0.6) is 0 Å². The Bertz CT molecular complexity index is 193. The number of nitrogens with one attached hydrogen (secondary N) is 1. The number of rotatable bonds is 9. The Balaban J connectivity index is 1.77. The molecule has 1 aliphatic carbocycles. The highest BCUT2D eigenvalue weighted by atomic mass is 16.5. The Labute approximate surface area is 91.1 Å². The third-order valence-electron chi connectivity index (χ3n) is 2.01.